The molecule has 2 rings (SSSR count). The molecule has 0 unspecified atom stereocenters. The molecular formula is C14H16N2O4. The summed E-state index contributed by atoms with van der Waals surface area (Å²) in [5.41, 5.74) is 0.795. The summed E-state index contributed by atoms with van der Waals surface area (Å²) in [5.74, 6) is -0.166. The van der Waals surface area contributed by atoms with Crippen molar-refractivity contribution >= 4 is 17.5 Å². The van der Waals surface area contributed by atoms with Gasteiger partial charge in [-0.25, -0.2) is 0 Å². The molecule has 2 N–H and O–H groups in total. The van der Waals surface area contributed by atoms with Crippen molar-refractivity contribution < 1.29 is 19.4 Å². The number of hydrogen-bond donors (Lipinski definition) is 2. The number of anilines is 1. The maximum absolute atomic E-state index is 12.0. The van der Waals surface area contributed by atoms with Crippen LogP contribution in [0.5, 0.6) is 5.75 Å². The SMILES string of the molecule is CCN1C(=O)C=C(Nc2ccccc2OCCO)C1=O. The van der Waals surface area contributed by atoms with E-state index in [1.54, 1.807) is 31.2 Å². The number of para-hydroxylation sites is 2. The van der Waals surface area contributed by atoms with E-state index in [0.29, 0.717) is 18.0 Å². The standard InChI is InChI=1S/C14H16N2O4/c1-2-16-13(18)9-11(14(16)19)15-10-5-3-4-6-12(10)20-8-7-17/h3-6,9,15,17H,2,7-8H2,1H3. The number of benzene rings is 1. The molecule has 0 fully saturated rings. The highest BCUT2D eigenvalue weighted by molar-refractivity contribution is 6.17. The van der Waals surface area contributed by atoms with E-state index in [1.165, 1.54) is 6.08 Å². The minimum absolute atomic E-state index is 0.0991. The quantitative estimate of drug-likeness (QED) is 0.749. The van der Waals surface area contributed by atoms with Gasteiger partial charge in [-0.05, 0) is 19.1 Å². The Labute approximate surface area is 116 Å². The lowest BCUT2D eigenvalue weighted by molar-refractivity contribution is -0.136. The van der Waals surface area contributed by atoms with Gasteiger partial charge in [-0.3, -0.25) is 14.5 Å². The lowest BCUT2D eigenvalue weighted by atomic mass is 10.2. The van der Waals surface area contributed by atoms with Crippen LogP contribution in [-0.2, 0) is 9.59 Å². The number of nitrogens with zero attached hydrogens (tertiary/aromatic N) is 1. The van der Waals surface area contributed by atoms with Gasteiger partial charge in [0.15, 0.2) is 0 Å². The lowest BCUT2D eigenvalue weighted by Gasteiger charge is -2.14. The van der Waals surface area contributed by atoms with Crippen LogP contribution in [0.25, 0.3) is 0 Å². The first kappa shape index (κ1) is 14.1. The van der Waals surface area contributed by atoms with E-state index >= 15 is 0 Å². The number of ether oxygens (including phenoxy) is 1. The van der Waals surface area contributed by atoms with Gasteiger partial charge < -0.3 is 15.2 Å². The van der Waals surface area contributed by atoms with Crippen LogP contribution in [0.15, 0.2) is 36.0 Å². The van der Waals surface area contributed by atoms with Crippen molar-refractivity contribution in [1.29, 1.82) is 0 Å². The predicted octanol–water partition coefficient (Wildman–Crippen LogP) is 0.742. The number of hydrogen-bond acceptors (Lipinski definition) is 5. The van der Waals surface area contributed by atoms with E-state index in [9.17, 15) is 9.59 Å². The summed E-state index contributed by atoms with van der Waals surface area (Å²) in [6.07, 6.45) is 1.27. The van der Waals surface area contributed by atoms with Crippen LogP contribution in [0.3, 0.4) is 0 Å². The van der Waals surface area contributed by atoms with Gasteiger partial charge in [-0.1, -0.05) is 12.1 Å². The second-order valence-corrected chi connectivity index (χ2v) is 4.14. The third-order valence-corrected chi connectivity index (χ3v) is 2.83. The number of carbonyl (C=O) groups is 2. The molecule has 0 bridgehead atoms. The Morgan fingerprint density at radius 1 is 1.30 bits per heavy atom. The van der Waals surface area contributed by atoms with E-state index in [0.717, 1.165) is 4.90 Å². The Balaban J connectivity index is 2.17. The van der Waals surface area contributed by atoms with Crippen LogP contribution < -0.4 is 10.1 Å². The largest absolute Gasteiger partial charge is 0.489 e. The first-order valence-corrected chi connectivity index (χ1v) is 6.34. The summed E-state index contributed by atoms with van der Waals surface area (Å²) in [7, 11) is 0. The van der Waals surface area contributed by atoms with Crippen molar-refractivity contribution in [3.63, 3.8) is 0 Å². The molecule has 1 aliphatic rings. The molecule has 6 heteroatoms. The molecule has 0 atom stereocenters. The van der Waals surface area contributed by atoms with Gasteiger partial charge in [0, 0.05) is 12.6 Å². The van der Waals surface area contributed by atoms with Gasteiger partial charge in [0.25, 0.3) is 11.8 Å². The van der Waals surface area contributed by atoms with Crippen molar-refractivity contribution in [3.8, 4) is 5.75 Å². The molecule has 106 valence electrons. The second-order valence-electron chi connectivity index (χ2n) is 4.14. The van der Waals surface area contributed by atoms with E-state index in [2.05, 4.69) is 5.32 Å². The van der Waals surface area contributed by atoms with Gasteiger partial charge in [0.05, 0.1) is 12.3 Å². The Morgan fingerprint density at radius 2 is 2.05 bits per heavy atom. The Morgan fingerprint density at radius 3 is 2.70 bits per heavy atom. The van der Waals surface area contributed by atoms with Gasteiger partial charge in [0.1, 0.15) is 18.1 Å². The zero-order valence-corrected chi connectivity index (χ0v) is 11.1. The maximum atomic E-state index is 12.0. The molecule has 0 aliphatic carbocycles. The minimum Gasteiger partial charge on any atom is -0.489 e. The molecule has 0 saturated carbocycles. The normalized spacial score (nSPS) is 14.5. The highest BCUT2D eigenvalue weighted by atomic mass is 16.5. The Hall–Kier alpha value is -2.34. The zero-order valence-electron chi connectivity index (χ0n) is 11.1. The van der Waals surface area contributed by atoms with Crippen LogP contribution in [0.4, 0.5) is 5.69 Å². The monoisotopic (exact) mass is 276 g/mol. The van der Waals surface area contributed by atoms with E-state index in [1.807, 2.05) is 0 Å². The van der Waals surface area contributed by atoms with Crippen LogP contribution in [-0.4, -0.2) is 41.6 Å². The van der Waals surface area contributed by atoms with E-state index in [4.69, 9.17) is 9.84 Å². The van der Waals surface area contributed by atoms with Crippen molar-refractivity contribution in [2.45, 2.75) is 6.92 Å². The summed E-state index contributed by atoms with van der Waals surface area (Å²) in [6, 6.07) is 7.02. The van der Waals surface area contributed by atoms with Crippen LogP contribution in [0.1, 0.15) is 6.92 Å². The summed E-state index contributed by atoms with van der Waals surface area (Å²) in [6.45, 7) is 2.14. The summed E-state index contributed by atoms with van der Waals surface area (Å²) in [5, 5.41) is 11.7. The molecule has 1 aliphatic heterocycles. The third-order valence-electron chi connectivity index (χ3n) is 2.83. The maximum Gasteiger partial charge on any atom is 0.277 e. The lowest BCUT2D eigenvalue weighted by Crippen LogP contribution is -2.31. The van der Waals surface area contributed by atoms with Crippen LogP contribution >= 0.6 is 0 Å². The van der Waals surface area contributed by atoms with Gasteiger partial charge >= 0.3 is 0 Å². The van der Waals surface area contributed by atoms with Crippen LogP contribution in [0, 0.1) is 0 Å². The number of carbonyl (C=O) groups excluding carboxylic acids is 2. The summed E-state index contributed by atoms with van der Waals surface area (Å²) < 4.78 is 5.36. The topological polar surface area (TPSA) is 78.9 Å². The smallest absolute Gasteiger partial charge is 0.277 e. The minimum atomic E-state index is -0.352. The number of imide groups is 1. The molecule has 0 aromatic heterocycles. The van der Waals surface area contributed by atoms with Crippen LogP contribution in [0.2, 0.25) is 0 Å². The van der Waals surface area contributed by atoms with Gasteiger partial charge in [-0.15, -0.1) is 0 Å². The number of aliphatic hydroxyl groups is 1. The average molecular weight is 276 g/mol. The molecule has 0 spiro atoms. The highest BCUT2D eigenvalue weighted by Crippen LogP contribution is 2.26. The summed E-state index contributed by atoms with van der Waals surface area (Å²) in [4.78, 5) is 24.7. The zero-order chi connectivity index (χ0) is 14.5. The van der Waals surface area contributed by atoms with Gasteiger partial charge in [0.2, 0.25) is 0 Å². The molecule has 1 aromatic rings. The Kier molecular flexibility index (Phi) is 4.37. The van der Waals surface area contributed by atoms with Crippen molar-refractivity contribution in [3.05, 3.63) is 36.0 Å². The fraction of sp³-hybridized carbons (Fsp3) is 0.286. The second kappa shape index (κ2) is 6.21. The number of aliphatic hydroxyl groups excluding tert-OH is 1. The van der Waals surface area contributed by atoms with E-state index in [-0.39, 0.29) is 30.7 Å². The fourth-order valence-corrected chi connectivity index (χ4v) is 1.89. The average Bonchev–Trinajstić information content (AvgIpc) is 2.72. The molecule has 20 heavy (non-hydrogen) atoms. The molecule has 0 radical (unpaired) electrons. The number of nitrogens with one attached hydrogen (secondary N) is 1. The predicted molar refractivity (Wildman–Crippen MR) is 73.1 cm³/mol. The first-order chi connectivity index (χ1) is 9.67. The van der Waals surface area contributed by atoms with Gasteiger partial charge in [-0.2, -0.15) is 0 Å². The first-order valence-electron chi connectivity index (χ1n) is 6.34. The number of rotatable bonds is 6. The number of likely N-dealkylation sites (N-methyl/N-ethyl adjacent to an activating group) is 1. The molecule has 2 amide bonds. The molecule has 0 saturated heterocycles. The van der Waals surface area contributed by atoms with E-state index < -0.39 is 0 Å². The molecular weight excluding hydrogens is 260 g/mol. The van der Waals surface area contributed by atoms with Crippen molar-refractivity contribution in [1.82, 2.24) is 4.90 Å². The van der Waals surface area contributed by atoms with Crippen molar-refractivity contribution in [2.24, 2.45) is 0 Å². The van der Waals surface area contributed by atoms with Crippen molar-refractivity contribution in [2.75, 3.05) is 25.1 Å². The Bertz CT molecular complexity index is 554. The number of amides is 2. The molecule has 1 heterocycles. The summed E-state index contributed by atoms with van der Waals surface area (Å²) >= 11 is 0. The highest BCUT2D eigenvalue weighted by Gasteiger charge is 2.30. The third kappa shape index (κ3) is 2.80. The fourth-order valence-electron chi connectivity index (χ4n) is 1.89. The molecule has 6 nitrogen and oxygen atoms in total. The molecule has 1 aromatic carbocycles.